The minimum atomic E-state index is -0.281. The highest BCUT2D eigenvalue weighted by Gasteiger charge is 2.18. The summed E-state index contributed by atoms with van der Waals surface area (Å²) in [6, 6.07) is 4.68. The highest BCUT2D eigenvalue weighted by molar-refractivity contribution is 6.30. The SMILES string of the molecule is CCCCN(C)C(CN)c1ccc(Cl)cc1F. The molecule has 0 bridgehead atoms. The standard InChI is InChI=1S/C13H20ClFN2/c1-3-4-7-17(2)13(9-16)11-6-5-10(14)8-12(11)15/h5-6,8,13H,3-4,7,9,16H2,1-2H3. The van der Waals surface area contributed by atoms with Crippen molar-refractivity contribution in [1.29, 1.82) is 0 Å². The molecular formula is C13H20ClFN2. The van der Waals surface area contributed by atoms with Gasteiger partial charge >= 0.3 is 0 Å². The van der Waals surface area contributed by atoms with Crippen LogP contribution in [0, 0.1) is 5.82 Å². The van der Waals surface area contributed by atoms with E-state index in [0.717, 1.165) is 19.4 Å². The summed E-state index contributed by atoms with van der Waals surface area (Å²) in [6.07, 6.45) is 2.20. The first kappa shape index (κ1) is 14.4. The predicted molar refractivity (Wildman–Crippen MR) is 70.7 cm³/mol. The van der Waals surface area contributed by atoms with Crippen LogP contribution in [-0.2, 0) is 0 Å². The van der Waals surface area contributed by atoms with Crippen LogP contribution in [0.25, 0.3) is 0 Å². The molecule has 0 radical (unpaired) electrons. The normalized spacial score (nSPS) is 13.1. The van der Waals surface area contributed by atoms with Crippen molar-refractivity contribution < 1.29 is 4.39 Å². The molecular weight excluding hydrogens is 239 g/mol. The Balaban J connectivity index is 2.85. The maximum absolute atomic E-state index is 13.8. The van der Waals surface area contributed by atoms with Gasteiger partial charge < -0.3 is 5.73 Å². The first-order valence-corrected chi connectivity index (χ1v) is 6.33. The average molecular weight is 259 g/mol. The Labute approximate surface area is 108 Å². The zero-order valence-electron chi connectivity index (χ0n) is 10.4. The number of hydrogen-bond donors (Lipinski definition) is 1. The number of nitrogens with zero attached hydrogens (tertiary/aromatic N) is 1. The van der Waals surface area contributed by atoms with Gasteiger partial charge in [-0.15, -0.1) is 0 Å². The van der Waals surface area contributed by atoms with E-state index in [0.29, 0.717) is 17.1 Å². The summed E-state index contributed by atoms with van der Waals surface area (Å²) in [5.41, 5.74) is 6.36. The van der Waals surface area contributed by atoms with Crippen LogP contribution in [0.15, 0.2) is 18.2 Å². The molecule has 0 saturated heterocycles. The highest BCUT2D eigenvalue weighted by Crippen LogP contribution is 2.24. The van der Waals surface area contributed by atoms with E-state index in [4.69, 9.17) is 17.3 Å². The highest BCUT2D eigenvalue weighted by atomic mass is 35.5. The van der Waals surface area contributed by atoms with Crippen molar-refractivity contribution in [2.24, 2.45) is 5.73 Å². The van der Waals surface area contributed by atoms with E-state index in [1.807, 2.05) is 7.05 Å². The molecule has 1 atom stereocenters. The fourth-order valence-electron chi connectivity index (χ4n) is 1.88. The van der Waals surface area contributed by atoms with E-state index >= 15 is 0 Å². The van der Waals surface area contributed by atoms with Crippen LogP contribution in [0.5, 0.6) is 0 Å². The van der Waals surface area contributed by atoms with Gasteiger partial charge in [-0.3, -0.25) is 4.90 Å². The Bertz CT molecular complexity index is 357. The van der Waals surface area contributed by atoms with E-state index in [9.17, 15) is 4.39 Å². The molecule has 2 nitrogen and oxygen atoms in total. The second kappa shape index (κ2) is 6.94. The Morgan fingerprint density at radius 3 is 2.71 bits per heavy atom. The third kappa shape index (κ3) is 3.95. The number of nitrogens with two attached hydrogens (primary N) is 1. The van der Waals surface area contributed by atoms with Gasteiger partial charge in [0.1, 0.15) is 5.82 Å². The van der Waals surface area contributed by atoms with Crippen molar-refractivity contribution in [3.63, 3.8) is 0 Å². The Kier molecular flexibility index (Phi) is 5.89. The lowest BCUT2D eigenvalue weighted by molar-refractivity contribution is 0.241. The van der Waals surface area contributed by atoms with Gasteiger partial charge in [0.25, 0.3) is 0 Å². The van der Waals surface area contributed by atoms with Crippen molar-refractivity contribution in [3.05, 3.63) is 34.6 Å². The summed E-state index contributed by atoms with van der Waals surface area (Å²) in [7, 11) is 1.97. The molecule has 2 N–H and O–H groups in total. The second-order valence-electron chi connectivity index (χ2n) is 4.25. The molecule has 1 unspecified atom stereocenters. The van der Waals surface area contributed by atoms with Crippen LogP contribution in [0.2, 0.25) is 5.02 Å². The third-order valence-corrected chi connectivity index (χ3v) is 3.18. The van der Waals surface area contributed by atoms with E-state index in [-0.39, 0.29) is 11.9 Å². The largest absolute Gasteiger partial charge is 0.329 e. The molecule has 0 aromatic heterocycles. The van der Waals surface area contributed by atoms with Crippen molar-refractivity contribution in [3.8, 4) is 0 Å². The smallest absolute Gasteiger partial charge is 0.129 e. The summed E-state index contributed by atoms with van der Waals surface area (Å²) in [5, 5.41) is 0.415. The summed E-state index contributed by atoms with van der Waals surface area (Å²) >= 11 is 5.74. The van der Waals surface area contributed by atoms with Crippen LogP contribution in [-0.4, -0.2) is 25.0 Å². The molecule has 0 saturated carbocycles. The lowest BCUT2D eigenvalue weighted by atomic mass is 10.0. The molecule has 17 heavy (non-hydrogen) atoms. The minimum absolute atomic E-state index is 0.0844. The van der Waals surface area contributed by atoms with Crippen LogP contribution >= 0.6 is 11.6 Å². The molecule has 4 heteroatoms. The zero-order chi connectivity index (χ0) is 12.8. The van der Waals surface area contributed by atoms with Crippen LogP contribution in [0.4, 0.5) is 4.39 Å². The molecule has 0 spiro atoms. The molecule has 1 rings (SSSR count). The predicted octanol–water partition coefficient (Wildman–Crippen LogP) is 3.21. The Morgan fingerprint density at radius 2 is 2.18 bits per heavy atom. The van der Waals surface area contributed by atoms with Gasteiger partial charge in [-0.1, -0.05) is 31.0 Å². The van der Waals surface area contributed by atoms with Gasteiger partial charge in [-0.25, -0.2) is 4.39 Å². The van der Waals surface area contributed by atoms with Gasteiger partial charge in [0.2, 0.25) is 0 Å². The Morgan fingerprint density at radius 1 is 1.47 bits per heavy atom. The lowest BCUT2D eigenvalue weighted by Gasteiger charge is -2.27. The maximum atomic E-state index is 13.8. The molecule has 0 fully saturated rings. The van der Waals surface area contributed by atoms with E-state index in [1.165, 1.54) is 6.07 Å². The molecule has 0 amide bonds. The third-order valence-electron chi connectivity index (χ3n) is 2.94. The Hall–Kier alpha value is -0.640. The number of likely N-dealkylation sites (N-methyl/N-ethyl adjacent to an activating group) is 1. The summed E-state index contributed by atoms with van der Waals surface area (Å²) in [5.74, 6) is -0.281. The molecule has 0 aliphatic heterocycles. The fraction of sp³-hybridized carbons (Fsp3) is 0.538. The van der Waals surface area contributed by atoms with Gasteiger partial charge in [0.15, 0.2) is 0 Å². The molecule has 96 valence electrons. The van der Waals surface area contributed by atoms with Crippen molar-refractivity contribution >= 4 is 11.6 Å². The topological polar surface area (TPSA) is 29.3 Å². The maximum Gasteiger partial charge on any atom is 0.129 e. The van der Waals surface area contributed by atoms with Gasteiger partial charge in [-0.05, 0) is 32.1 Å². The average Bonchev–Trinajstić information content (AvgIpc) is 2.30. The van der Waals surface area contributed by atoms with E-state index in [2.05, 4.69) is 11.8 Å². The van der Waals surface area contributed by atoms with Crippen LogP contribution < -0.4 is 5.73 Å². The molecule has 1 aromatic carbocycles. The molecule has 0 aliphatic rings. The number of benzene rings is 1. The van der Waals surface area contributed by atoms with Gasteiger partial charge in [0, 0.05) is 23.2 Å². The monoisotopic (exact) mass is 258 g/mol. The number of hydrogen-bond acceptors (Lipinski definition) is 2. The van der Waals surface area contributed by atoms with E-state index in [1.54, 1.807) is 12.1 Å². The fourth-order valence-corrected chi connectivity index (χ4v) is 2.04. The zero-order valence-corrected chi connectivity index (χ0v) is 11.2. The lowest BCUT2D eigenvalue weighted by Crippen LogP contribution is -2.32. The first-order chi connectivity index (χ1) is 8.10. The minimum Gasteiger partial charge on any atom is -0.329 e. The van der Waals surface area contributed by atoms with Crippen LogP contribution in [0.3, 0.4) is 0 Å². The van der Waals surface area contributed by atoms with Crippen molar-refractivity contribution in [1.82, 2.24) is 4.90 Å². The van der Waals surface area contributed by atoms with Crippen LogP contribution in [0.1, 0.15) is 31.4 Å². The quantitative estimate of drug-likeness (QED) is 0.849. The van der Waals surface area contributed by atoms with Crippen molar-refractivity contribution in [2.45, 2.75) is 25.8 Å². The summed E-state index contributed by atoms with van der Waals surface area (Å²) in [6.45, 7) is 3.45. The number of halogens is 2. The van der Waals surface area contributed by atoms with Gasteiger partial charge in [0.05, 0.1) is 0 Å². The molecule has 0 aliphatic carbocycles. The number of unbranched alkanes of at least 4 members (excludes halogenated alkanes) is 1. The van der Waals surface area contributed by atoms with Crippen molar-refractivity contribution in [2.75, 3.05) is 20.1 Å². The summed E-state index contributed by atoms with van der Waals surface area (Å²) in [4.78, 5) is 2.09. The summed E-state index contributed by atoms with van der Waals surface area (Å²) < 4.78 is 13.8. The van der Waals surface area contributed by atoms with E-state index < -0.39 is 0 Å². The number of rotatable bonds is 6. The molecule has 1 aromatic rings. The molecule has 0 heterocycles. The first-order valence-electron chi connectivity index (χ1n) is 5.95. The van der Waals surface area contributed by atoms with Gasteiger partial charge in [-0.2, -0.15) is 0 Å². The second-order valence-corrected chi connectivity index (χ2v) is 4.69.